The summed E-state index contributed by atoms with van der Waals surface area (Å²) in [6, 6.07) is 12.8. The number of carbonyl (C=O) groups excluding carboxylic acids is 3. The smallest absolute Gasteiger partial charge is 0.194 e. The summed E-state index contributed by atoms with van der Waals surface area (Å²) in [6.45, 7) is 0.679. The van der Waals surface area contributed by atoms with E-state index >= 15 is 0 Å². The molecule has 5 nitrogen and oxygen atoms in total. The van der Waals surface area contributed by atoms with Gasteiger partial charge in [-0.25, -0.2) is 0 Å². The number of hydrogen-bond acceptors (Lipinski definition) is 5. The van der Waals surface area contributed by atoms with Crippen LogP contribution in [-0.2, 0) is 6.42 Å². The van der Waals surface area contributed by atoms with Gasteiger partial charge >= 0.3 is 0 Å². The number of Topliss-reactive ketones (excluding diaryl/α,β-unsaturated/α-hetero) is 1. The Labute approximate surface area is 155 Å². The van der Waals surface area contributed by atoms with Gasteiger partial charge in [-0.05, 0) is 30.2 Å². The van der Waals surface area contributed by atoms with Crippen molar-refractivity contribution in [1.29, 1.82) is 0 Å². The molecule has 0 amide bonds. The monoisotopic (exact) mass is 357 g/mol. The molecule has 1 N–H and O–H groups in total. The van der Waals surface area contributed by atoms with Gasteiger partial charge in [0, 0.05) is 34.4 Å². The van der Waals surface area contributed by atoms with E-state index in [1.165, 1.54) is 6.07 Å². The number of furan rings is 1. The van der Waals surface area contributed by atoms with Crippen LogP contribution >= 0.6 is 0 Å². The van der Waals surface area contributed by atoms with Crippen molar-refractivity contribution in [1.82, 2.24) is 5.32 Å². The number of ketones is 3. The molecule has 0 spiro atoms. The molecular formula is C22H15NO4. The van der Waals surface area contributed by atoms with E-state index in [0.29, 0.717) is 34.6 Å². The Morgan fingerprint density at radius 2 is 1.63 bits per heavy atom. The summed E-state index contributed by atoms with van der Waals surface area (Å²) in [5, 5.41) is 3.18. The molecule has 1 unspecified atom stereocenters. The van der Waals surface area contributed by atoms with E-state index in [4.69, 9.17) is 4.42 Å². The molecule has 2 aliphatic rings. The Morgan fingerprint density at radius 1 is 0.926 bits per heavy atom. The Morgan fingerprint density at radius 3 is 2.41 bits per heavy atom. The van der Waals surface area contributed by atoms with Crippen molar-refractivity contribution in [2.75, 3.05) is 6.54 Å². The maximum absolute atomic E-state index is 13.1. The maximum atomic E-state index is 13.1. The van der Waals surface area contributed by atoms with Crippen LogP contribution in [0.15, 0.2) is 59.2 Å². The molecule has 3 aromatic rings. The standard InChI is InChI=1S/C22H15NO4/c24-19(18-22-12(7-9-23-18)8-10-27-22)13-5-6-16-17(11-13)21(26)15-4-2-1-3-14(15)20(16)25/h1-6,8,10-11,18,23H,7,9H2. The average molecular weight is 357 g/mol. The summed E-state index contributed by atoms with van der Waals surface area (Å²) in [6.07, 6.45) is 2.40. The largest absolute Gasteiger partial charge is 0.467 e. The van der Waals surface area contributed by atoms with Crippen LogP contribution in [0.25, 0.3) is 0 Å². The second kappa shape index (κ2) is 5.86. The van der Waals surface area contributed by atoms with E-state index in [1.54, 1.807) is 42.7 Å². The minimum absolute atomic E-state index is 0.173. The zero-order valence-electron chi connectivity index (χ0n) is 14.3. The van der Waals surface area contributed by atoms with Gasteiger partial charge in [0.2, 0.25) is 0 Å². The lowest BCUT2D eigenvalue weighted by atomic mass is 9.82. The predicted octanol–water partition coefficient (Wildman–Crippen LogP) is 3.12. The van der Waals surface area contributed by atoms with Crippen molar-refractivity contribution in [3.05, 3.63) is 93.9 Å². The van der Waals surface area contributed by atoms with Gasteiger partial charge in [0.05, 0.1) is 6.26 Å². The van der Waals surface area contributed by atoms with Crippen LogP contribution in [0.4, 0.5) is 0 Å². The molecule has 0 fully saturated rings. The first-order valence-corrected chi connectivity index (χ1v) is 8.81. The third-order valence-electron chi connectivity index (χ3n) is 5.26. The molecular weight excluding hydrogens is 342 g/mol. The van der Waals surface area contributed by atoms with Gasteiger partial charge in [0.15, 0.2) is 17.3 Å². The van der Waals surface area contributed by atoms with Gasteiger partial charge in [-0.15, -0.1) is 0 Å². The van der Waals surface area contributed by atoms with Crippen LogP contribution < -0.4 is 5.32 Å². The first kappa shape index (κ1) is 15.9. The number of rotatable bonds is 2. The molecule has 0 bridgehead atoms. The molecule has 2 heterocycles. The van der Waals surface area contributed by atoms with Crippen molar-refractivity contribution in [3.8, 4) is 0 Å². The molecule has 2 aromatic carbocycles. The number of hydrogen-bond donors (Lipinski definition) is 1. The molecule has 1 aromatic heterocycles. The Kier molecular flexibility index (Phi) is 3.45. The predicted molar refractivity (Wildman–Crippen MR) is 97.2 cm³/mol. The average Bonchev–Trinajstić information content (AvgIpc) is 3.20. The number of benzene rings is 2. The summed E-state index contributed by atoms with van der Waals surface area (Å²) < 4.78 is 5.50. The van der Waals surface area contributed by atoms with Crippen LogP contribution in [0.3, 0.4) is 0 Å². The van der Waals surface area contributed by atoms with Gasteiger partial charge in [-0.2, -0.15) is 0 Å². The third-order valence-corrected chi connectivity index (χ3v) is 5.26. The lowest BCUT2D eigenvalue weighted by Crippen LogP contribution is -2.34. The van der Waals surface area contributed by atoms with Crippen molar-refractivity contribution in [2.45, 2.75) is 12.5 Å². The lowest BCUT2D eigenvalue weighted by Gasteiger charge is -2.22. The number of fused-ring (bicyclic) bond motifs is 3. The lowest BCUT2D eigenvalue weighted by molar-refractivity contribution is 0.0925. The van der Waals surface area contributed by atoms with E-state index < -0.39 is 6.04 Å². The van der Waals surface area contributed by atoms with Crippen LogP contribution in [0.1, 0.15) is 59.6 Å². The first-order valence-electron chi connectivity index (χ1n) is 8.81. The molecule has 0 saturated heterocycles. The molecule has 0 saturated carbocycles. The minimum Gasteiger partial charge on any atom is -0.467 e. The fraction of sp³-hybridized carbons (Fsp3) is 0.136. The third kappa shape index (κ3) is 2.32. The van der Waals surface area contributed by atoms with Crippen LogP contribution in [-0.4, -0.2) is 23.9 Å². The van der Waals surface area contributed by atoms with E-state index in [9.17, 15) is 14.4 Å². The van der Waals surface area contributed by atoms with Gasteiger partial charge in [-0.3, -0.25) is 14.4 Å². The molecule has 27 heavy (non-hydrogen) atoms. The van der Waals surface area contributed by atoms with E-state index in [1.807, 2.05) is 6.07 Å². The Hall–Kier alpha value is -3.31. The topological polar surface area (TPSA) is 76.4 Å². The van der Waals surface area contributed by atoms with Crippen LogP contribution in [0, 0.1) is 0 Å². The number of nitrogens with one attached hydrogen (secondary N) is 1. The summed E-state index contributed by atoms with van der Waals surface area (Å²) in [7, 11) is 0. The van der Waals surface area contributed by atoms with Gasteiger partial charge in [0.1, 0.15) is 11.8 Å². The highest BCUT2D eigenvalue weighted by atomic mass is 16.3. The van der Waals surface area contributed by atoms with Gasteiger partial charge in [0.25, 0.3) is 0 Å². The summed E-state index contributed by atoms with van der Waals surface area (Å²) in [4.78, 5) is 38.6. The zero-order valence-corrected chi connectivity index (χ0v) is 14.3. The van der Waals surface area contributed by atoms with Crippen LogP contribution in [0.5, 0.6) is 0 Å². The van der Waals surface area contributed by atoms with Crippen molar-refractivity contribution < 1.29 is 18.8 Å². The van der Waals surface area contributed by atoms with E-state index in [2.05, 4.69) is 5.32 Å². The molecule has 0 radical (unpaired) electrons. The second-order valence-electron chi connectivity index (χ2n) is 6.78. The van der Waals surface area contributed by atoms with E-state index in [0.717, 1.165) is 12.0 Å². The highest BCUT2D eigenvalue weighted by Gasteiger charge is 2.33. The molecule has 1 atom stereocenters. The van der Waals surface area contributed by atoms with Crippen molar-refractivity contribution in [3.63, 3.8) is 0 Å². The van der Waals surface area contributed by atoms with Crippen molar-refractivity contribution in [2.24, 2.45) is 0 Å². The molecule has 1 aliphatic carbocycles. The highest BCUT2D eigenvalue weighted by molar-refractivity contribution is 6.28. The van der Waals surface area contributed by atoms with Crippen molar-refractivity contribution >= 4 is 17.3 Å². The summed E-state index contributed by atoms with van der Waals surface area (Å²) in [5.74, 6) is 0.0259. The second-order valence-corrected chi connectivity index (χ2v) is 6.78. The first-order chi connectivity index (χ1) is 13.1. The maximum Gasteiger partial charge on any atom is 0.194 e. The molecule has 5 heteroatoms. The SMILES string of the molecule is O=C1c2ccccc2C(=O)c2cc(C(=O)C3NCCc4ccoc43)ccc21. The fourth-order valence-corrected chi connectivity index (χ4v) is 3.88. The Balaban J connectivity index is 1.57. The van der Waals surface area contributed by atoms with Gasteiger partial charge in [-0.1, -0.05) is 30.3 Å². The summed E-state index contributed by atoms with van der Waals surface area (Å²) in [5.41, 5.74) is 2.80. The minimum atomic E-state index is -0.580. The Bertz CT molecular complexity index is 1120. The van der Waals surface area contributed by atoms with E-state index in [-0.39, 0.29) is 22.9 Å². The molecule has 1 aliphatic heterocycles. The molecule has 132 valence electrons. The fourth-order valence-electron chi connectivity index (χ4n) is 3.88. The van der Waals surface area contributed by atoms with Crippen LogP contribution in [0.2, 0.25) is 0 Å². The number of carbonyl (C=O) groups is 3. The zero-order chi connectivity index (χ0) is 18.5. The highest BCUT2D eigenvalue weighted by Crippen LogP contribution is 2.31. The molecule has 5 rings (SSSR count). The summed E-state index contributed by atoms with van der Waals surface area (Å²) >= 11 is 0. The van der Waals surface area contributed by atoms with Gasteiger partial charge < -0.3 is 9.73 Å². The normalized spacial score (nSPS) is 17.9. The quantitative estimate of drug-likeness (QED) is 0.558.